The SMILES string of the molecule is C=CCOc1ccc(/C=N/Nc2ocnc2C#N)cc1OC. The molecule has 0 aliphatic rings. The van der Waals surface area contributed by atoms with E-state index in [9.17, 15) is 0 Å². The predicted molar refractivity (Wildman–Crippen MR) is 81.1 cm³/mol. The summed E-state index contributed by atoms with van der Waals surface area (Å²) >= 11 is 0. The summed E-state index contributed by atoms with van der Waals surface area (Å²) in [4.78, 5) is 3.72. The number of anilines is 1. The van der Waals surface area contributed by atoms with Gasteiger partial charge in [-0.1, -0.05) is 12.7 Å². The van der Waals surface area contributed by atoms with Gasteiger partial charge >= 0.3 is 0 Å². The van der Waals surface area contributed by atoms with Gasteiger partial charge in [0.15, 0.2) is 17.9 Å². The Labute approximate surface area is 127 Å². The summed E-state index contributed by atoms with van der Waals surface area (Å²) in [7, 11) is 1.56. The molecule has 112 valence electrons. The molecular weight excluding hydrogens is 284 g/mol. The molecule has 1 N–H and O–H groups in total. The van der Waals surface area contributed by atoms with Crippen LogP contribution in [0.15, 0.2) is 46.8 Å². The van der Waals surface area contributed by atoms with Crippen molar-refractivity contribution in [3.05, 3.63) is 48.5 Å². The lowest BCUT2D eigenvalue weighted by Gasteiger charge is -2.09. The summed E-state index contributed by atoms with van der Waals surface area (Å²) in [5, 5.41) is 12.8. The molecule has 0 aliphatic carbocycles. The quantitative estimate of drug-likeness (QED) is 0.480. The number of aromatic nitrogens is 1. The van der Waals surface area contributed by atoms with Crippen molar-refractivity contribution in [2.75, 3.05) is 19.1 Å². The third-order valence-corrected chi connectivity index (χ3v) is 2.60. The number of hydrazone groups is 1. The lowest BCUT2D eigenvalue weighted by atomic mass is 10.2. The first-order valence-corrected chi connectivity index (χ1v) is 6.33. The molecule has 0 aliphatic heterocycles. The van der Waals surface area contributed by atoms with E-state index >= 15 is 0 Å². The Kier molecular flexibility index (Phi) is 5.15. The summed E-state index contributed by atoms with van der Waals surface area (Å²) in [5.74, 6) is 1.40. The number of hydrogen-bond acceptors (Lipinski definition) is 7. The maximum atomic E-state index is 8.79. The highest BCUT2D eigenvalue weighted by Crippen LogP contribution is 2.27. The van der Waals surface area contributed by atoms with Gasteiger partial charge in [0.1, 0.15) is 12.7 Å². The first-order valence-electron chi connectivity index (χ1n) is 6.33. The van der Waals surface area contributed by atoms with Gasteiger partial charge in [-0.2, -0.15) is 10.4 Å². The Bertz CT molecular complexity index is 716. The molecule has 0 amide bonds. The van der Waals surface area contributed by atoms with E-state index in [0.29, 0.717) is 18.1 Å². The van der Waals surface area contributed by atoms with Crippen LogP contribution in [-0.2, 0) is 0 Å². The second kappa shape index (κ2) is 7.50. The van der Waals surface area contributed by atoms with Gasteiger partial charge in [0.2, 0.25) is 5.69 Å². The Morgan fingerprint density at radius 2 is 2.36 bits per heavy atom. The maximum Gasteiger partial charge on any atom is 0.251 e. The van der Waals surface area contributed by atoms with E-state index in [1.54, 1.807) is 31.5 Å². The zero-order valence-corrected chi connectivity index (χ0v) is 11.9. The van der Waals surface area contributed by atoms with Crippen molar-refractivity contribution < 1.29 is 13.9 Å². The van der Waals surface area contributed by atoms with Crippen LogP contribution in [0.25, 0.3) is 0 Å². The third kappa shape index (κ3) is 3.64. The van der Waals surface area contributed by atoms with Crippen molar-refractivity contribution >= 4 is 12.1 Å². The monoisotopic (exact) mass is 298 g/mol. The van der Waals surface area contributed by atoms with Gasteiger partial charge in [-0.25, -0.2) is 10.4 Å². The number of oxazole rings is 1. The van der Waals surface area contributed by atoms with E-state index < -0.39 is 0 Å². The number of nitrogens with one attached hydrogen (secondary N) is 1. The van der Waals surface area contributed by atoms with Crippen LogP contribution in [0.5, 0.6) is 11.5 Å². The highest BCUT2D eigenvalue weighted by molar-refractivity contribution is 5.81. The zero-order chi connectivity index (χ0) is 15.8. The van der Waals surface area contributed by atoms with Gasteiger partial charge < -0.3 is 13.9 Å². The van der Waals surface area contributed by atoms with Crippen molar-refractivity contribution in [2.45, 2.75) is 0 Å². The molecule has 22 heavy (non-hydrogen) atoms. The van der Waals surface area contributed by atoms with Gasteiger partial charge in [-0.3, -0.25) is 0 Å². The molecular formula is C15H14N4O3. The molecule has 0 saturated carbocycles. The number of hydrogen-bond donors (Lipinski definition) is 1. The molecule has 0 saturated heterocycles. The number of rotatable bonds is 7. The summed E-state index contributed by atoms with van der Waals surface area (Å²) in [6, 6.07) is 7.25. The minimum absolute atomic E-state index is 0.142. The lowest BCUT2D eigenvalue weighted by Crippen LogP contribution is -1.97. The number of benzene rings is 1. The van der Waals surface area contributed by atoms with E-state index in [4.69, 9.17) is 19.2 Å². The Hall–Kier alpha value is -3.27. The second-order valence-corrected chi connectivity index (χ2v) is 4.02. The average molecular weight is 298 g/mol. The van der Waals surface area contributed by atoms with E-state index in [0.717, 1.165) is 5.56 Å². The number of nitriles is 1. The first-order chi connectivity index (χ1) is 10.8. The molecule has 0 atom stereocenters. The topological polar surface area (TPSA) is 92.7 Å². The Morgan fingerprint density at radius 3 is 3.09 bits per heavy atom. The van der Waals surface area contributed by atoms with Gasteiger partial charge in [0.25, 0.3) is 5.88 Å². The van der Waals surface area contributed by atoms with Crippen molar-refractivity contribution in [2.24, 2.45) is 5.10 Å². The molecule has 0 unspecified atom stereocenters. The minimum Gasteiger partial charge on any atom is -0.493 e. The summed E-state index contributed by atoms with van der Waals surface area (Å²) in [6.07, 6.45) is 4.39. The zero-order valence-electron chi connectivity index (χ0n) is 11.9. The van der Waals surface area contributed by atoms with E-state index in [1.807, 2.05) is 12.1 Å². The molecule has 0 radical (unpaired) electrons. The summed E-state index contributed by atoms with van der Waals surface area (Å²) < 4.78 is 15.7. The smallest absolute Gasteiger partial charge is 0.251 e. The fraction of sp³-hybridized carbons (Fsp3) is 0.133. The predicted octanol–water partition coefficient (Wildman–Crippen LogP) is 2.57. The summed E-state index contributed by atoms with van der Waals surface area (Å²) in [5.41, 5.74) is 3.54. The van der Waals surface area contributed by atoms with E-state index in [-0.39, 0.29) is 11.6 Å². The molecule has 0 fully saturated rings. The third-order valence-electron chi connectivity index (χ3n) is 2.60. The molecule has 7 heteroatoms. The lowest BCUT2D eigenvalue weighted by molar-refractivity contribution is 0.326. The number of nitrogens with zero attached hydrogens (tertiary/aromatic N) is 3. The van der Waals surface area contributed by atoms with Gasteiger partial charge in [0.05, 0.1) is 13.3 Å². The maximum absolute atomic E-state index is 8.79. The van der Waals surface area contributed by atoms with Crippen LogP contribution in [0.2, 0.25) is 0 Å². The Morgan fingerprint density at radius 1 is 1.50 bits per heavy atom. The van der Waals surface area contributed by atoms with Gasteiger partial charge in [-0.05, 0) is 23.8 Å². The van der Waals surface area contributed by atoms with Crippen LogP contribution < -0.4 is 14.9 Å². The van der Waals surface area contributed by atoms with Crippen LogP contribution >= 0.6 is 0 Å². The van der Waals surface area contributed by atoms with Crippen LogP contribution in [0.1, 0.15) is 11.3 Å². The van der Waals surface area contributed by atoms with Crippen molar-refractivity contribution in [3.8, 4) is 17.6 Å². The largest absolute Gasteiger partial charge is 0.493 e. The van der Waals surface area contributed by atoms with Crippen LogP contribution in [0.4, 0.5) is 5.88 Å². The van der Waals surface area contributed by atoms with Gasteiger partial charge in [0, 0.05) is 0 Å². The molecule has 1 aromatic heterocycles. The molecule has 2 rings (SSSR count). The highest BCUT2D eigenvalue weighted by Gasteiger charge is 2.06. The molecule has 1 heterocycles. The van der Waals surface area contributed by atoms with Crippen LogP contribution in [0, 0.1) is 11.3 Å². The van der Waals surface area contributed by atoms with Crippen molar-refractivity contribution in [3.63, 3.8) is 0 Å². The first kappa shape index (κ1) is 15.1. The summed E-state index contributed by atoms with van der Waals surface area (Å²) in [6.45, 7) is 3.99. The number of methoxy groups -OCH3 is 1. The van der Waals surface area contributed by atoms with Crippen molar-refractivity contribution in [1.82, 2.24) is 4.98 Å². The number of ether oxygens (including phenoxy) is 2. The highest BCUT2D eigenvalue weighted by atomic mass is 16.5. The molecule has 7 nitrogen and oxygen atoms in total. The van der Waals surface area contributed by atoms with Crippen molar-refractivity contribution in [1.29, 1.82) is 5.26 Å². The molecule has 1 aromatic carbocycles. The van der Waals surface area contributed by atoms with Gasteiger partial charge in [-0.15, -0.1) is 0 Å². The average Bonchev–Trinajstić information content (AvgIpc) is 3.01. The molecule has 2 aromatic rings. The van der Waals surface area contributed by atoms with Crippen LogP contribution in [-0.4, -0.2) is 24.9 Å². The van der Waals surface area contributed by atoms with Crippen LogP contribution in [0.3, 0.4) is 0 Å². The Balaban J connectivity index is 2.08. The molecule has 0 bridgehead atoms. The van der Waals surface area contributed by atoms with E-state index in [1.165, 1.54) is 6.39 Å². The second-order valence-electron chi connectivity index (χ2n) is 4.02. The standard InChI is InChI=1S/C15H14N4O3/c1-3-6-21-13-5-4-11(7-14(13)20-2)9-18-19-15-12(8-16)17-10-22-15/h3-5,7,9-10,19H,1,6H2,2H3/b18-9+. The normalized spacial score (nSPS) is 10.2. The van der Waals surface area contributed by atoms with E-state index in [2.05, 4.69) is 22.1 Å². The fourth-order valence-corrected chi connectivity index (χ4v) is 1.60. The molecule has 0 spiro atoms. The fourth-order valence-electron chi connectivity index (χ4n) is 1.60. The minimum atomic E-state index is 0.142.